The van der Waals surface area contributed by atoms with Crippen LogP contribution in [0.25, 0.3) is 0 Å². The van der Waals surface area contributed by atoms with E-state index in [-0.39, 0.29) is 0 Å². The Bertz CT molecular complexity index is 539. The molecule has 1 aromatic heterocycles. The Morgan fingerprint density at radius 1 is 1.39 bits per heavy atom. The third-order valence-corrected chi connectivity index (χ3v) is 4.20. The molecule has 0 unspecified atom stereocenters. The smallest absolute Gasteiger partial charge is 0.335 e. The van der Waals surface area contributed by atoms with Crippen molar-refractivity contribution in [3.05, 3.63) is 41.9 Å². The summed E-state index contributed by atoms with van der Waals surface area (Å²) in [6.45, 7) is 11.0. The minimum atomic E-state index is -0.909. The minimum absolute atomic E-state index is 0.293. The van der Waals surface area contributed by atoms with E-state index in [0.717, 1.165) is 44.0 Å². The van der Waals surface area contributed by atoms with Crippen molar-refractivity contribution in [3.63, 3.8) is 0 Å². The maximum absolute atomic E-state index is 11.1. The van der Waals surface area contributed by atoms with Crippen LogP contribution in [0.3, 0.4) is 0 Å². The molecule has 2 heterocycles. The summed E-state index contributed by atoms with van der Waals surface area (Å²) in [5.74, 6) is -0.909. The van der Waals surface area contributed by atoms with E-state index in [2.05, 4.69) is 28.3 Å². The van der Waals surface area contributed by atoms with Crippen LogP contribution in [-0.4, -0.2) is 52.0 Å². The minimum Gasteiger partial charge on any atom is -0.478 e. The van der Waals surface area contributed by atoms with Gasteiger partial charge in [-0.25, -0.2) is 4.79 Å². The van der Waals surface area contributed by atoms with Gasteiger partial charge < -0.3 is 10.0 Å². The molecule has 2 rings (SSSR count). The summed E-state index contributed by atoms with van der Waals surface area (Å²) in [4.78, 5) is 20.1. The summed E-state index contributed by atoms with van der Waals surface area (Å²) < 4.78 is 0. The molecule has 0 aliphatic carbocycles. The van der Waals surface area contributed by atoms with Crippen molar-refractivity contribution in [1.82, 2.24) is 14.8 Å². The molecular weight excluding hydrogens is 290 g/mol. The van der Waals surface area contributed by atoms with Gasteiger partial charge in [0.1, 0.15) is 0 Å². The third-order valence-electron chi connectivity index (χ3n) is 4.20. The van der Waals surface area contributed by atoms with Crippen LogP contribution in [-0.2, 0) is 6.54 Å². The summed E-state index contributed by atoms with van der Waals surface area (Å²) in [5, 5.41) is 9.10. The number of likely N-dealkylation sites (tertiary alicyclic amines) is 1. The summed E-state index contributed by atoms with van der Waals surface area (Å²) in [7, 11) is 0. The summed E-state index contributed by atoms with van der Waals surface area (Å²) >= 11 is 0. The van der Waals surface area contributed by atoms with Gasteiger partial charge in [-0.3, -0.25) is 9.88 Å². The molecule has 1 fully saturated rings. The van der Waals surface area contributed by atoms with Gasteiger partial charge in [-0.15, -0.1) is 0 Å². The quantitative estimate of drug-likeness (QED) is 0.799. The van der Waals surface area contributed by atoms with Crippen LogP contribution in [0.1, 0.15) is 48.7 Å². The van der Waals surface area contributed by atoms with Crippen LogP contribution >= 0.6 is 0 Å². The molecule has 0 amide bonds. The highest BCUT2D eigenvalue weighted by Crippen LogP contribution is 2.15. The van der Waals surface area contributed by atoms with E-state index in [0.29, 0.717) is 12.1 Å². The number of aromatic carboxylic acids is 1. The van der Waals surface area contributed by atoms with E-state index in [1.54, 1.807) is 12.3 Å². The first kappa shape index (κ1) is 17.5. The second-order valence-electron chi connectivity index (χ2n) is 6.17. The van der Waals surface area contributed by atoms with Gasteiger partial charge in [-0.05, 0) is 44.4 Å². The Morgan fingerprint density at radius 3 is 2.78 bits per heavy atom. The number of piperidine rings is 1. The average molecular weight is 317 g/mol. The SMILES string of the molecule is C=C(CN(CCC)Cc1cc(C(=O)O)ccn1)N1CCCCC1. The van der Waals surface area contributed by atoms with E-state index in [1.165, 1.54) is 25.3 Å². The number of pyridine rings is 1. The Balaban J connectivity index is 1.98. The van der Waals surface area contributed by atoms with Crippen molar-refractivity contribution in [2.45, 2.75) is 39.2 Å². The molecule has 0 aromatic carbocycles. The van der Waals surface area contributed by atoms with Gasteiger partial charge in [0.05, 0.1) is 11.3 Å². The largest absolute Gasteiger partial charge is 0.478 e. The highest BCUT2D eigenvalue weighted by molar-refractivity contribution is 5.87. The number of aromatic nitrogens is 1. The van der Waals surface area contributed by atoms with Crippen LogP contribution in [0.2, 0.25) is 0 Å². The number of carboxylic acid groups (broad SMARTS) is 1. The molecule has 0 atom stereocenters. The second-order valence-corrected chi connectivity index (χ2v) is 6.17. The predicted molar refractivity (Wildman–Crippen MR) is 91.3 cm³/mol. The maximum atomic E-state index is 11.1. The van der Waals surface area contributed by atoms with Gasteiger partial charge in [0.2, 0.25) is 0 Å². The number of nitrogens with zero attached hydrogens (tertiary/aromatic N) is 3. The topological polar surface area (TPSA) is 56.7 Å². The maximum Gasteiger partial charge on any atom is 0.335 e. The van der Waals surface area contributed by atoms with E-state index >= 15 is 0 Å². The van der Waals surface area contributed by atoms with Crippen molar-refractivity contribution < 1.29 is 9.90 Å². The van der Waals surface area contributed by atoms with Gasteiger partial charge in [0.25, 0.3) is 0 Å². The van der Waals surface area contributed by atoms with Gasteiger partial charge in [-0.2, -0.15) is 0 Å². The van der Waals surface area contributed by atoms with Crippen molar-refractivity contribution in [1.29, 1.82) is 0 Å². The van der Waals surface area contributed by atoms with E-state index < -0.39 is 5.97 Å². The number of carboxylic acids is 1. The second kappa shape index (κ2) is 8.67. The Kier molecular flexibility index (Phi) is 6.59. The molecule has 1 aliphatic rings. The molecule has 23 heavy (non-hydrogen) atoms. The molecule has 5 nitrogen and oxygen atoms in total. The molecular formula is C18H27N3O2. The third kappa shape index (κ3) is 5.36. The summed E-state index contributed by atoms with van der Waals surface area (Å²) in [6, 6.07) is 3.19. The highest BCUT2D eigenvalue weighted by Gasteiger charge is 2.15. The highest BCUT2D eigenvalue weighted by atomic mass is 16.4. The van der Waals surface area contributed by atoms with Crippen LogP contribution in [0, 0.1) is 0 Å². The standard InChI is InChI=1S/C18H27N3O2/c1-3-9-20(13-15(2)21-10-5-4-6-11-21)14-17-12-16(18(22)23)7-8-19-17/h7-8,12H,2-6,9-11,13-14H2,1H3,(H,22,23). The number of carbonyl (C=O) groups is 1. The van der Waals surface area contributed by atoms with Crippen molar-refractivity contribution in [3.8, 4) is 0 Å². The number of rotatable bonds is 8. The average Bonchev–Trinajstić information content (AvgIpc) is 2.56. The van der Waals surface area contributed by atoms with Crippen LogP contribution in [0.15, 0.2) is 30.6 Å². The van der Waals surface area contributed by atoms with E-state index in [9.17, 15) is 4.79 Å². The van der Waals surface area contributed by atoms with Crippen LogP contribution < -0.4 is 0 Å². The Morgan fingerprint density at radius 2 is 2.13 bits per heavy atom. The van der Waals surface area contributed by atoms with Gasteiger partial charge >= 0.3 is 5.97 Å². The molecule has 0 spiro atoms. The summed E-state index contributed by atoms with van der Waals surface area (Å²) in [5.41, 5.74) is 2.25. The zero-order valence-electron chi connectivity index (χ0n) is 14.0. The first-order chi connectivity index (χ1) is 11.1. The first-order valence-electron chi connectivity index (χ1n) is 8.43. The van der Waals surface area contributed by atoms with Crippen LogP contribution in [0.5, 0.6) is 0 Å². The predicted octanol–water partition coefficient (Wildman–Crippen LogP) is 2.99. The molecule has 0 bridgehead atoms. The molecule has 0 radical (unpaired) electrons. The first-order valence-corrected chi connectivity index (χ1v) is 8.43. The van der Waals surface area contributed by atoms with Gasteiger partial charge in [-0.1, -0.05) is 13.5 Å². The molecule has 1 aliphatic heterocycles. The molecule has 5 heteroatoms. The van der Waals surface area contributed by atoms with Crippen molar-refractivity contribution in [2.24, 2.45) is 0 Å². The van der Waals surface area contributed by atoms with Crippen LogP contribution in [0.4, 0.5) is 0 Å². The zero-order valence-corrected chi connectivity index (χ0v) is 14.0. The normalized spacial score (nSPS) is 15.0. The number of hydrogen-bond donors (Lipinski definition) is 1. The fourth-order valence-electron chi connectivity index (χ4n) is 3.03. The van der Waals surface area contributed by atoms with E-state index in [1.807, 2.05) is 0 Å². The number of hydrogen-bond acceptors (Lipinski definition) is 4. The zero-order chi connectivity index (χ0) is 16.7. The lowest BCUT2D eigenvalue weighted by Gasteiger charge is -2.33. The lowest BCUT2D eigenvalue weighted by atomic mass is 10.1. The lowest BCUT2D eigenvalue weighted by molar-refractivity contribution is 0.0696. The molecule has 1 aromatic rings. The fraction of sp³-hybridized carbons (Fsp3) is 0.556. The Hall–Kier alpha value is -1.88. The molecule has 1 N–H and O–H groups in total. The van der Waals surface area contributed by atoms with Gasteiger partial charge in [0, 0.05) is 38.1 Å². The van der Waals surface area contributed by atoms with Crippen molar-refractivity contribution in [2.75, 3.05) is 26.2 Å². The van der Waals surface area contributed by atoms with E-state index in [4.69, 9.17) is 5.11 Å². The van der Waals surface area contributed by atoms with Gasteiger partial charge in [0.15, 0.2) is 0 Å². The molecule has 1 saturated heterocycles. The Labute approximate surface area is 138 Å². The lowest BCUT2D eigenvalue weighted by Crippen LogP contribution is -2.36. The summed E-state index contributed by atoms with van der Waals surface area (Å²) in [6.07, 6.45) is 6.42. The monoisotopic (exact) mass is 317 g/mol. The van der Waals surface area contributed by atoms with Crippen molar-refractivity contribution >= 4 is 5.97 Å². The molecule has 0 saturated carbocycles. The fourth-order valence-corrected chi connectivity index (χ4v) is 3.03. The molecule has 126 valence electrons.